The van der Waals surface area contributed by atoms with Gasteiger partial charge in [-0.3, -0.25) is 4.79 Å². The molecule has 2 aromatic carbocycles. The molecule has 2 aliphatic rings. The number of nitrogens with zero attached hydrogens (tertiary/aromatic N) is 1. The molecule has 2 N–H and O–H groups in total. The molecule has 1 unspecified atom stereocenters. The summed E-state index contributed by atoms with van der Waals surface area (Å²) in [6.07, 6.45) is 8.70. The molecule has 178 valence electrons. The van der Waals surface area contributed by atoms with Gasteiger partial charge in [0, 0.05) is 11.6 Å². The number of ether oxygens (including phenoxy) is 2. The number of esters is 1. The van der Waals surface area contributed by atoms with E-state index in [2.05, 4.69) is 32.0 Å². The van der Waals surface area contributed by atoms with E-state index in [9.17, 15) is 10.1 Å². The van der Waals surface area contributed by atoms with E-state index in [1.807, 2.05) is 18.2 Å². The maximum atomic E-state index is 12.8. The van der Waals surface area contributed by atoms with Crippen molar-refractivity contribution in [2.75, 3.05) is 0 Å². The largest absolute Gasteiger partial charge is 0.440 e. The van der Waals surface area contributed by atoms with E-state index in [1.165, 1.54) is 24.8 Å². The number of carbonyl (C=O) groups is 1. The number of nitriles is 1. The van der Waals surface area contributed by atoms with Gasteiger partial charge in [-0.15, -0.1) is 0 Å². The first-order valence-corrected chi connectivity index (χ1v) is 12.6. The van der Waals surface area contributed by atoms with Gasteiger partial charge in [0.1, 0.15) is 23.1 Å². The van der Waals surface area contributed by atoms with E-state index >= 15 is 0 Å². The second-order valence-electron chi connectivity index (χ2n) is 9.50. The first-order chi connectivity index (χ1) is 16.5. The fourth-order valence-corrected chi connectivity index (χ4v) is 5.17. The molecule has 4 rings (SSSR count). The lowest BCUT2D eigenvalue weighted by atomic mass is 9.80. The first-order valence-electron chi connectivity index (χ1n) is 12.6. The summed E-state index contributed by atoms with van der Waals surface area (Å²) in [6, 6.07) is 15.8. The number of fused-ring (bicyclic) bond motifs is 1. The van der Waals surface area contributed by atoms with Crippen molar-refractivity contribution in [2.24, 2.45) is 17.6 Å². The molecule has 0 bridgehead atoms. The van der Waals surface area contributed by atoms with Crippen LogP contribution in [0.4, 0.5) is 0 Å². The molecule has 0 amide bonds. The normalized spacial score (nSPS) is 21.9. The Morgan fingerprint density at radius 2 is 1.85 bits per heavy atom. The fraction of sp³-hybridized carbons (Fsp3) is 0.448. The number of hydrogen-bond acceptors (Lipinski definition) is 5. The van der Waals surface area contributed by atoms with Gasteiger partial charge in [0.05, 0.1) is 11.8 Å². The van der Waals surface area contributed by atoms with Gasteiger partial charge in [0.2, 0.25) is 5.88 Å². The lowest BCUT2D eigenvalue weighted by Gasteiger charge is -2.28. The van der Waals surface area contributed by atoms with Gasteiger partial charge >= 0.3 is 5.97 Å². The summed E-state index contributed by atoms with van der Waals surface area (Å²) in [6.45, 7) is 4.33. The van der Waals surface area contributed by atoms with Gasteiger partial charge in [-0.1, -0.05) is 63.4 Å². The van der Waals surface area contributed by atoms with Crippen LogP contribution >= 0.6 is 0 Å². The second-order valence-corrected chi connectivity index (χ2v) is 9.50. The minimum Gasteiger partial charge on any atom is -0.440 e. The van der Waals surface area contributed by atoms with Crippen LogP contribution in [0.3, 0.4) is 0 Å². The van der Waals surface area contributed by atoms with Gasteiger partial charge in [0.25, 0.3) is 0 Å². The number of hydrogen-bond donors (Lipinski definition) is 1. The maximum absolute atomic E-state index is 12.8. The smallest absolute Gasteiger partial charge is 0.314 e. The SMILES string of the molecule is CCCCC1CCC(C(=O)Oc2ccc3c(c2)OC(N)=C(C#N)C3c2ccc(CC)cc2)CC1. The lowest BCUT2D eigenvalue weighted by Crippen LogP contribution is -2.26. The van der Waals surface area contributed by atoms with Crippen molar-refractivity contribution in [1.82, 2.24) is 0 Å². The molecular weight excluding hydrogens is 424 g/mol. The summed E-state index contributed by atoms with van der Waals surface area (Å²) < 4.78 is 11.5. The summed E-state index contributed by atoms with van der Waals surface area (Å²) in [5.74, 6) is 1.28. The van der Waals surface area contributed by atoms with Crippen LogP contribution in [0.5, 0.6) is 11.5 Å². The highest BCUT2D eigenvalue weighted by molar-refractivity contribution is 5.75. The highest BCUT2D eigenvalue weighted by Gasteiger charge is 2.32. The molecule has 0 saturated heterocycles. The molecule has 1 fully saturated rings. The minimum atomic E-state index is -0.317. The molecule has 0 spiro atoms. The molecule has 1 atom stereocenters. The second kappa shape index (κ2) is 10.8. The van der Waals surface area contributed by atoms with Crippen molar-refractivity contribution in [2.45, 2.75) is 71.1 Å². The average molecular weight is 459 g/mol. The Bertz CT molecular complexity index is 1090. The molecule has 1 aliphatic heterocycles. The predicted octanol–water partition coefficient (Wildman–Crippen LogP) is 6.37. The third kappa shape index (κ3) is 5.12. The zero-order chi connectivity index (χ0) is 24.1. The Morgan fingerprint density at radius 3 is 2.50 bits per heavy atom. The molecule has 1 heterocycles. The molecule has 0 radical (unpaired) electrons. The number of rotatable bonds is 7. The zero-order valence-corrected chi connectivity index (χ0v) is 20.2. The molecule has 5 heteroatoms. The van der Waals surface area contributed by atoms with Crippen LogP contribution in [0.2, 0.25) is 0 Å². The lowest BCUT2D eigenvalue weighted by molar-refractivity contribution is -0.140. The summed E-state index contributed by atoms with van der Waals surface area (Å²) in [4.78, 5) is 12.8. The minimum absolute atomic E-state index is 0.0465. The van der Waals surface area contributed by atoms with Gasteiger partial charge in [0.15, 0.2) is 0 Å². The van der Waals surface area contributed by atoms with Crippen molar-refractivity contribution >= 4 is 5.97 Å². The van der Waals surface area contributed by atoms with Crippen molar-refractivity contribution in [3.63, 3.8) is 0 Å². The van der Waals surface area contributed by atoms with E-state index in [0.717, 1.165) is 49.1 Å². The Labute approximate surface area is 202 Å². The number of carbonyl (C=O) groups excluding carboxylic acids is 1. The molecule has 5 nitrogen and oxygen atoms in total. The Hall–Kier alpha value is -3.26. The molecule has 0 aromatic heterocycles. The van der Waals surface area contributed by atoms with Gasteiger partial charge in [-0.2, -0.15) is 5.26 Å². The van der Waals surface area contributed by atoms with Crippen molar-refractivity contribution in [1.29, 1.82) is 5.26 Å². The van der Waals surface area contributed by atoms with E-state index < -0.39 is 0 Å². The molecule has 1 saturated carbocycles. The number of unbranched alkanes of at least 4 members (excludes halogenated alkanes) is 1. The Kier molecular flexibility index (Phi) is 7.57. The van der Waals surface area contributed by atoms with Crippen LogP contribution in [0.15, 0.2) is 53.9 Å². The van der Waals surface area contributed by atoms with Gasteiger partial charge in [-0.25, -0.2) is 0 Å². The summed E-state index contributed by atoms with van der Waals surface area (Å²) in [5.41, 5.74) is 9.57. The number of benzene rings is 2. The van der Waals surface area contributed by atoms with Crippen molar-refractivity contribution in [3.05, 3.63) is 70.6 Å². The summed E-state index contributed by atoms with van der Waals surface area (Å²) >= 11 is 0. The van der Waals surface area contributed by atoms with Crippen LogP contribution in [-0.4, -0.2) is 5.97 Å². The molecular formula is C29H34N2O3. The topological polar surface area (TPSA) is 85.3 Å². The van der Waals surface area contributed by atoms with Crippen LogP contribution in [-0.2, 0) is 11.2 Å². The summed E-state index contributed by atoms with van der Waals surface area (Å²) in [7, 11) is 0. The Morgan fingerprint density at radius 1 is 1.12 bits per heavy atom. The number of aryl methyl sites for hydroxylation is 1. The van der Waals surface area contributed by atoms with E-state index in [-0.39, 0.29) is 23.7 Å². The zero-order valence-electron chi connectivity index (χ0n) is 20.2. The predicted molar refractivity (Wildman–Crippen MR) is 132 cm³/mol. The fourth-order valence-electron chi connectivity index (χ4n) is 5.17. The first kappa shape index (κ1) is 23.9. The van der Waals surface area contributed by atoms with Crippen molar-refractivity contribution < 1.29 is 14.3 Å². The Balaban J connectivity index is 1.50. The molecule has 2 aromatic rings. The highest BCUT2D eigenvalue weighted by Crippen LogP contribution is 2.43. The highest BCUT2D eigenvalue weighted by atomic mass is 16.5. The number of allylic oxidation sites excluding steroid dienone is 1. The third-order valence-electron chi connectivity index (χ3n) is 7.28. The summed E-state index contributed by atoms with van der Waals surface area (Å²) in [5, 5.41) is 9.77. The van der Waals surface area contributed by atoms with Crippen LogP contribution in [0.25, 0.3) is 0 Å². The molecule has 34 heavy (non-hydrogen) atoms. The van der Waals surface area contributed by atoms with E-state index in [0.29, 0.717) is 17.1 Å². The van der Waals surface area contributed by atoms with E-state index in [1.54, 1.807) is 12.1 Å². The maximum Gasteiger partial charge on any atom is 0.314 e. The van der Waals surface area contributed by atoms with Crippen LogP contribution in [0.1, 0.15) is 81.4 Å². The monoisotopic (exact) mass is 458 g/mol. The van der Waals surface area contributed by atoms with Gasteiger partial charge < -0.3 is 15.2 Å². The van der Waals surface area contributed by atoms with Crippen LogP contribution < -0.4 is 15.2 Å². The van der Waals surface area contributed by atoms with Gasteiger partial charge in [-0.05, 0) is 55.2 Å². The third-order valence-corrected chi connectivity index (χ3v) is 7.28. The standard InChI is InChI=1S/C29H34N2O3/c1-3-5-6-20-9-13-22(14-10-20)29(32)33-23-15-16-24-26(17-23)34-28(31)25(18-30)27(24)21-11-7-19(4-2)8-12-21/h7-8,11-12,15-17,20,22,27H,3-6,9-10,13-14,31H2,1-2H3. The quantitative estimate of drug-likeness (QED) is 0.385. The van der Waals surface area contributed by atoms with Crippen LogP contribution in [0, 0.1) is 23.2 Å². The van der Waals surface area contributed by atoms with E-state index in [4.69, 9.17) is 15.2 Å². The molecule has 1 aliphatic carbocycles. The average Bonchev–Trinajstić information content (AvgIpc) is 2.87. The number of nitrogens with two attached hydrogens (primary N) is 1. The van der Waals surface area contributed by atoms with Crippen molar-refractivity contribution in [3.8, 4) is 17.6 Å².